The Labute approximate surface area is 191 Å². The van der Waals surface area contributed by atoms with E-state index in [2.05, 4.69) is 5.32 Å². The van der Waals surface area contributed by atoms with Gasteiger partial charge in [-0.2, -0.15) is 0 Å². The fraction of sp³-hybridized carbons (Fsp3) is 0.136. The quantitative estimate of drug-likeness (QED) is 0.480. The normalized spacial score (nSPS) is 11.1. The molecule has 0 spiro atoms. The highest BCUT2D eigenvalue weighted by molar-refractivity contribution is 7.92. The molecule has 9 heteroatoms. The second-order valence-electron chi connectivity index (χ2n) is 6.43. The van der Waals surface area contributed by atoms with Crippen LogP contribution in [0.15, 0.2) is 77.7 Å². The zero-order valence-corrected chi connectivity index (χ0v) is 18.9. The van der Waals surface area contributed by atoms with E-state index in [0.29, 0.717) is 28.8 Å². The summed E-state index contributed by atoms with van der Waals surface area (Å²) in [4.78, 5) is 12.7. The minimum absolute atomic E-state index is 0.0437. The minimum atomic E-state index is -4.02. The number of nitrogens with zero attached hydrogens (tertiary/aromatic N) is 1. The Balaban J connectivity index is 1.89. The molecule has 0 bridgehead atoms. The lowest BCUT2D eigenvalue weighted by atomic mass is 10.3. The second-order valence-corrected chi connectivity index (χ2v) is 9.11. The predicted octanol–water partition coefficient (Wildman–Crippen LogP) is 5.23. The third-order valence-electron chi connectivity index (χ3n) is 4.26. The summed E-state index contributed by atoms with van der Waals surface area (Å²) < 4.78 is 33.1. The van der Waals surface area contributed by atoms with Gasteiger partial charge >= 0.3 is 0 Å². The van der Waals surface area contributed by atoms with E-state index >= 15 is 0 Å². The van der Waals surface area contributed by atoms with Crippen LogP contribution >= 0.6 is 23.2 Å². The number of amides is 1. The number of hydrogen-bond acceptors (Lipinski definition) is 4. The van der Waals surface area contributed by atoms with E-state index in [9.17, 15) is 13.2 Å². The molecule has 1 amide bonds. The fourth-order valence-electron chi connectivity index (χ4n) is 2.82. The monoisotopic (exact) mass is 478 g/mol. The van der Waals surface area contributed by atoms with Gasteiger partial charge in [0.2, 0.25) is 5.91 Å². The zero-order valence-electron chi connectivity index (χ0n) is 16.6. The van der Waals surface area contributed by atoms with Crippen LogP contribution in [0.1, 0.15) is 6.92 Å². The first-order valence-corrected chi connectivity index (χ1v) is 11.6. The van der Waals surface area contributed by atoms with E-state index in [4.69, 9.17) is 27.9 Å². The Hall–Kier alpha value is -2.74. The van der Waals surface area contributed by atoms with Gasteiger partial charge in [-0.25, -0.2) is 8.42 Å². The molecule has 0 unspecified atom stereocenters. The van der Waals surface area contributed by atoms with E-state index in [-0.39, 0.29) is 9.92 Å². The summed E-state index contributed by atoms with van der Waals surface area (Å²) in [5.41, 5.74) is 0.770. The van der Waals surface area contributed by atoms with Crippen LogP contribution in [0.25, 0.3) is 0 Å². The number of nitrogens with one attached hydrogen (secondary N) is 1. The van der Waals surface area contributed by atoms with Crippen molar-refractivity contribution in [2.75, 3.05) is 22.8 Å². The molecule has 0 fully saturated rings. The maximum atomic E-state index is 13.4. The van der Waals surface area contributed by atoms with E-state index in [1.54, 1.807) is 54.6 Å². The number of carbonyl (C=O) groups excluding carboxylic acids is 1. The first kappa shape index (κ1) is 22.9. The Bertz CT molecular complexity index is 1150. The predicted molar refractivity (Wildman–Crippen MR) is 124 cm³/mol. The molecule has 0 heterocycles. The Morgan fingerprint density at radius 1 is 0.968 bits per heavy atom. The van der Waals surface area contributed by atoms with Gasteiger partial charge in [-0.1, -0.05) is 41.4 Å². The van der Waals surface area contributed by atoms with Crippen LogP contribution in [0, 0.1) is 0 Å². The van der Waals surface area contributed by atoms with Crippen LogP contribution in [0.4, 0.5) is 11.4 Å². The van der Waals surface area contributed by atoms with Crippen molar-refractivity contribution in [1.82, 2.24) is 0 Å². The average Bonchev–Trinajstić information content (AvgIpc) is 2.76. The van der Waals surface area contributed by atoms with Gasteiger partial charge in [0.25, 0.3) is 10.0 Å². The van der Waals surface area contributed by atoms with Gasteiger partial charge < -0.3 is 10.1 Å². The van der Waals surface area contributed by atoms with E-state index in [0.717, 1.165) is 4.31 Å². The Morgan fingerprint density at radius 3 is 2.26 bits per heavy atom. The van der Waals surface area contributed by atoms with Crippen molar-refractivity contribution in [3.8, 4) is 5.75 Å². The molecule has 162 valence electrons. The van der Waals surface area contributed by atoms with E-state index in [1.807, 2.05) is 6.92 Å². The lowest BCUT2D eigenvalue weighted by Gasteiger charge is -2.24. The molecule has 31 heavy (non-hydrogen) atoms. The first-order chi connectivity index (χ1) is 14.8. The largest absolute Gasteiger partial charge is 0.494 e. The van der Waals surface area contributed by atoms with Crippen molar-refractivity contribution in [2.45, 2.75) is 11.8 Å². The van der Waals surface area contributed by atoms with Crippen molar-refractivity contribution >= 4 is 50.5 Å². The Morgan fingerprint density at radius 2 is 1.65 bits per heavy atom. The summed E-state index contributed by atoms with van der Waals surface area (Å²) in [6, 6.07) is 19.1. The van der Waals surface area contributed by atoms with Gasteiger partial charge in [0.1, 0.15) is 12.3 Å². The molecule has 0 saturated carbocycles. The van der Waals surface area contributed by atoms with Gasteiger partial charge in [-0.05, 0) is 61.5 Å². The van der Waals surface area contributed by atoms with Crippen molar-refractivity contribution < 1.29 is 17.9 Å². The van der Waals surface area contributed by atoms with Crippen LogP contribution < -0.4 is 14.4 Å². The number of ether oxygens (including phenoxy) is 1. The van der Waals surface area contributed by atoms with Gasteiger partial charge in [0.15, 0.2) is 0 Å². The summed E-state index contributed by atoms with van der Waals surface area (Å²) in [6.45, 7) is 1.88. The molecule has 0 saturated heterocycles. The molecular formula is C22H20Cl2N2O4S. The standard InChI is InChI=1S/C22H20Cl2N2O4S/c1-2-30-18-9-11-19(12-10-18)31(28,29)26(17-6-4-3-5-7-17)15-22(27)25-16-8-13-20(23)21(24)14-16/h3-14H,2,15H2,1H3,(H,25,27). The smallest absolute Gasteiger partial charge is 0.264 e. The van der Waals surface area contributed by atoms with Gasteiger partial charge in [0, 0.05) is 5.69 Å². The number of halogens is 2. The highest BCUT2D eigenvalue weighted by Crippen LogP contribution is 2.27. The minimum Gasteiger partial charge on any atom is -0.494 e. The van der Waals surface area contributed by atoms with Crippen LogP contribution in [0.2, 0.25) is 10.0 Å². The number of anilines is 2. The molecule has 0 radical (unpaired) electrons. The average molecular weight is 479 g/mol. The lowest BCUT2D eigenvalue weighted by Crippen LogP contribution is -2.38. The van der Waals surface area contributed by atoms with Crippen molar-refractivity contribution in [2.24, 2.45) is 0 Å². The van der Waals surface area contributed by atoms with Gasteiger partial charge in [-0.3, -0.25) is 9.10 Å². The molecular weight excluding hydrogens is 459 g/mol. The molecule has 0 aliphatic carbocycles. The lowest BCUT2D eigenvalue weighted by molar-refractivity contribution is -0.114. The Kier molecular flexibility index (Phi) is 7.43. The molecule has 3 aromatic carbocycles. The summed E-state index contributed by atoms with van der Waals surface area (Å²) in [5.74, 6) is 0.0295. The molecule has 0 aliphatic rings. The summed E-state index contributed by atoms with van der Waals surface area (Å²) in [6.07, 6.45) is 0. The van der Waals surface area contributed by atoms with E-state index < -0.39 is 22.5 Å². The third kappa shape index (κ3) is 5.70. The second kappa shape index (κ2) is 10.0. The maximum Gasteiger partial charge on any atom is 0.264 e. The highest BCUT2D eigenvalue weighted by Gasteiger charge is 2.27. The fourth-order valence-corrected chi connectivity index (χ4v) is 4.53. The summed E-state index contributed by atoms with van der Waals surface area (Å²) >= 11 is 11.9. The number of benzene rings is 3. The summed E-state index contributed by atoms with van der Waals surface area (Å²) in [7, 11) is -4.02. The van der Waals surface area contributed by atoms with Crippen molar-refractivity contribution in [3.63, 3.8) is 0 Å². The highest BCUT2D eigenvalue weighted by atomic mass is 35.5. The van der Waals surface area contributed by atoms with Gasteiger partial charge in [0.05, 0.1) is 27.2 Å². The maximum absolute atomic E-state index is 13.4. The number of carbonyl (C=O) groups is 1. The molecule has 6 nitrogen and oxygen atoms in total. The topological polar surface area (TPSA) is 75.7 Å². The number of hydrogen-bond donors (Lipinski definition) is 1. The molecule has 3 aromatic rings. The first-order valence-electron chi connectivity index (χ1n) is 9.37. The van der Waals surface area contributed by atoms with Crippen LogP contribution in [0.5, 0.6) is 5.75 Å². The number of sulfonamides is 1. The third-order valence-corrected chi connectivity index (χ3v) is 6.78. The number of rotatable bonds is 8. The molecule has 3 rings (SSSR count). The van der Waals surface area contributed by atoms with Crippen LogP contribution in [-0.4, -0.2) is 27.5 Å². The number of para-hydroxylation sites is 1. The van der Waals surface area contributed by atoms with E-state index in [1.165, 1.54) is 18.2 Å². The van der Waals surface area contributed by atoms with Crippen molar-refractivity contribution in [1.29, 1.82) is 0 Å². The van der Waals surface area contributed by atoms with Gasteiger partial charge in [-0.15, -0.1) is 0 Å². The van der Waals surface area contributed by atoms with Crippen molar-refractivity contribution in [3.05, 3.63) is 82.8 Å². The SMILES string of the molecule is CCOc1ccc(S(=O)(=O)N(CC(=O)Nc2ccc(Cl)c(Cl)c2)c2ccccc2)cc1. The molecule has 1 N–H and O–H groups in total. The van der Waals surface area contributed by atoms with Crippen LogP contribution in [0.3, 0.4) is 0 Å². The molecule has 0 aromatic heterocycles. The summed E-state index contributed by atoms with van der Waals surface area (Å²) in [5, 5.41) is 3.28. The van der Waals surface area contributed by atoms with Crippen LogP contribution in [-0.2, 0) is 14.8 Å². The zero-order chi connectivity index (χ0) is 22.4. The molecule has 0 aliphatic heterocycles. The molecule has 0 atom stereocenters.